The predicted molar refractivity (Wildman–Crippen MR) is 98.0 cm³/mol. The number of benzene rings is 1. The lowest BCUT2D eigenvalue weighted by atomic mass is 10.1. The molecule has 3 heterocycles. The maximum Gasteiger partial charge on any atom is 0.290 e. The molecule has 1 saturated heterocycles. The van der Waals surface area contributed by atoms with Crippen molar-refractivity contribution >= 4 is 17.5 Å². The van der Waals surface area contributed by atoms with Crippen molar-refractivity contribution in [2.24, 2.45) is 0 Å². The monoisotopic (exact) mass is 365 g/mol. The molecular formula is C19H19N5O3. The van der Waals surface area contributed by atoms with E-state index < -0.39 is 6.04 Å². The second-order valence-corrected chi connectivity index (χ2v) is 6.44. The van der Waals surface area contributed by atoms with E-state index in [4.69, 9.17) is 4.42 Å². The Kier molecular flexibility index (Phi) is 4.45. The van der Waals surface area contributed by atoms with E-state index in [0.717, 1.165) is 17.8 Å². The Morgan fingerprint density at radius 2 is 2.07 bits per heavy atom. The minimum atomic E-state index is -0.502. The van der Waals surface area contributed by atoms with Gasteiger partial charge in [-0.3, -0.25) is 14.7 Å². The summed E-state index contributed by atoms with van der Waals surface area (Å²) in [6, 6.07) is 10.1. The van der Waals surface area contributed by atoms with Gasteiger partial charge in [0.25, 0.3) is 5.91 Å². The summed E-state index contributed by atoms with van der Waals surface area (Å²) in [6.45, 7) is 2.38. The highest BCUT2D eigenvalue weighted by molar-refractivity contribution is 6.00. The summed E-state index contributed by atoms with van der Waals surface area (Å²) in [6.07, 6.45) is 2.87. The van der Waals surface area contributed by atoms with Crippen molar-refractivity contribution < 1.29 is 14.0 Å². The predicted octanol–water partition coefficient (Wildman–Crippen LogP) is 2.62. The number of carbonyl (C=O) groups is 2. The molecule has 0 radical (unpaired) electrons. The van der Waals surface area contributed by atoms with E-state index in [9.17, 15) is 9.59 Å². The van der Waals surface area contributed by atoms with Gasteiger partial charge in [0, 0.05) is 17.8 Å². The van der Waals surface area contributed by atoms with Gasteiger partial charge in [0.15, 0.2) is 11.6 Å². The summed E-state index contributed by atoms with van der Waals surface area (Å²) in [4.78, 5) is 31.1. The van der Waals surface area contributed by atoms with Crippen molar-refractivity contribution in [1.29, 1.82) is 0 Å². The normalized spacial score (nSPS) is 16.5. The van der Waals surface area contributed by atoms with Crippen LogP contribution in [0.5, 0.6) is 0 Å². The van der Waals surface area contributed by atoms with Crippen LogP contribution in [0.4, 0.5) is 5.69 Å². The number of rotatable bonds is 4. The molecule has 1 aromatic carbocycles. The fourth-order valence-electron chi connectivity index (χ4n) is 3.22. The molecule has 2 N–H and O–H groups in total. The van der Waals surface area contributed by atoms with Gasteiger partial charge in [-0.2, -0.15) is 5.10 Å². The third kappa shape index (κ3) is 3.46. The van der Waals surface area contributed by atoms with Crippen LogP contribution in [0.3, 0.4) is 0 Å². The molecule has 138 valence electrons. The number of carbonyl (C=O) groups excluding carboxylic acids is 2. The first kappa shape index (κ1) is 17.0. The largest absolute Gasteiger partial charge is 0.459 e. The Labute approximate surface area is 155 Å². The molecule has 0 spiro atoms. The summed E-state index contributed by atoms with van der Waals surface area (Å²) in [5, 5.41) is 9.80. The van der Waals surface area contributed by atoms with Gasteiger partial charge in [0.05, 0.1) is 6.26 Å². The summed E-state index contributed by atoms with van der Waals surface area (Å²) in [7, 11) is 0. The Balaban J connectivity index is 1.44. The number of anilines is 1. The van der Waals surface area contributed by atoms with Crippen LogP contribution in [0, 0.1) is 6.92 Å². The van der Waals surface area contributed by atoms with Gasteiger partial charge in [-0.25, -0.2) is 4.98 Å². The molecule has 4 rings (SSSR count). The Hall–Kier alpha value is -3.42. The molecule has 2 aromatic heterocycles. The van der Waals surface area contributed by atoms with Crippen molar-refractivity contribution in [3.05, 3.63) is 54.2 Å². The van der Waals surface area contributed by atoms with E-state index in [0.29, 0.717) is 24.5 Å². The first-order chi connectivity index (χ1) is 13.1. The number of nitrogens with one attached hydrogen (secondary N) is 2. The smallest absolute Gasteiger partial charge is 0.290 e. The van der Waals surface area contributed by atoms with Crippen molar-refractivity contribution in [2.75, 3.05) is 11.9 Å². The number of furan rings is 1. The highest BCUT2D eigenvalue weighted by atomic mass is 16.3. The molecule has 3 aromatic rings. The zero-order chi connectivity index (χ0) is 18.8. The topological polar surface area (TPSA) is 104 Å². The lowest BCUT2D eigenvalue weighted by Crippen LogP contribution is -2.43. The highest BCUT2D eigenvalue weighted by Gasteiger charge is 2.35. The van der Waals surface area contributed by atoms with Crippen LogP contribution in [0.25, 0.3) is 11.4 Å². The van der Waals surface area contributed by atoms with E-state index in [-0.39, 0.29) is 17.6 Å². The van der Waals surface area contributed by atoms with E-state index in [1.807, 2.05) is 19.1 Å². The van der Waals surface area contributed by atoms with E-state index in [2.05, 4.69) is 20.5 Å². The average Bonchev–Trinajstić information content (AvgIpc) is 3.43. The van der Waals surface area contributed by atoms with Gasteiger partial charge in [0.1, 0.15) is 11.9 Å². The van der Waals surface area contributed by atoms with Crippen molar-refractivity contribution in [3.63, 3.8) is 0 Å². The summed E-state index contributed by atoms with van der Waals surface area (Å²) < 4.78 is 5.17. The zero-order valence-corrected chi connectivity index (χ0v) is 14.8. The first-order valence-corrected chi connectivity index (χ1v) is 8.76. The van der Waals surface area contributed by atoms with Crippen LogP contribution >= 0.6 is 0 Å². The molecule has 0 aliphatic carbocycles. The number of aromatic amines is 1. The Morgan fingerprint density at radius 1 is 1.26 bits per heavy atom. The van der Waals surface area contributed by atoms with Gasteiger partial charge in [-0.1, -0.05) is 0 Å². The minimum absolute atomic E-state index is 0.200. The lowest BCUT2D eigenvalue weighted by molar-refractivity contribution is -0.119. The van der Waals surface area contributed by atoms with Crippen LogP contribution in [0.1, 0.15) is 29.2 Å². The van der Waals surface area contributed by atoms with Crippen LogP contribution in [0.15, 0.2) is 47.1 Å². The summed E-state index contributed by atoms with van der Waals surface area (Å²) in [5.74, 6) is 1.14. The molecule has 8 heteroatoms. The number of hydrogen-bond donors (Lipinski definition) is 2. The fraction of sp³-hybridized carbons (Fsp3) is 0.263. The third-order valence-corrected chi connectivity index (χ3v) is 4.56. The molecule has 27 heavy (non-hydrogen) atoms. The Bertz CT molecular complexity index is 946. The molecule has 0 saturated carbocycles. The average molecular weight is 365 g/mol. The molecule has 8 nitrogen and oxygen atoms in total. The molecule has 1 aliphatic heterocycles. The number of aromatic nitrogens is 3. The van der Waals surface area contributed by atoms with Crippen LogP contribution in [-0.2, 0) is 4.79 Å². The van der Waals surface area contributed by atoms with Crippen molar-refractivity contribution in [2.45, 2.75) is 25.8 Å². The van der Waals surface area contributed by atoms with E-state index >= 15 is 0 Å². The number of nitrogens with zero attached hydrogens (tertiary/aromatic N) is 3. The molecule has 1 unspecified atom stereocenters. The van der Waals surface area contributed by atoms with Crippen molar-refractivity contribution in [1.82, 2.24) is 20.1 Å². The molecular weight excluding hydrogens is 346 g/mol. The highest BCUT2D eigenvalue weighted by Crippen LogP contribution is 2.23. The number of H-pyrrole nitrogens is 1. The molecule has 0 bridgehead atoms. The maximum absolute atomic E-state index is 12.7. The quantitative estimate of drug-likeness (QED) is 0.740. The molecule has 1 atom stereocenters. The number of hydrogen-bond acceptors (Lipinski definition) is 5. The third-order valence-electron chi connectivity index (χ3n) is 4.56. The number of amides is 2. The van der Waals surface area contributed by atoms with Crippen molar-refractivity contribution in [3.8, 4) is 11.4 Å². The number of likely N-dealkylation sites (tertiary alicyclic amines) is 1. The Morgan fingerprint density at radius 3 is 2.74 bits per heavy atom. The molecule has 1 fully saturated rings. The second-order valence-electron chi connectivity index (χ2n) is 6.44. The van der Waals surface area contributed by atoms with Gasteiger partial charge in [0.2, 0.25) is 5.91 Å². The zero-order valence-electron chi connectivity index (χ0n) is 14.8. The van der Waals surface area contributed by atoms with Crippen LogP contribution in [0.2, 0.25) is 0 Å². The van der Waals surface area contributed by atoms with Gasteiger partial charge < -0.3 is 14.6 Å². The second kappa shape index (κ2) is 7.06. The number of aryl methyl sites for hydroxylation is 1. The minimum Gasteiger partial charge on any atom is -0.459 e. The molecule has 2 amide bonds. The summed E-state index contributed by atoms with van der Waals surface area (Å²) in [5.41, 5.74) is 1.51. The van der Waals surface area contributed by atoms with E-state index in [1.165, 1.54) is 6.26 Å². The fourth-order valence-corrected chi connectivity index (χ4v) is 3.22. The van der Waals surface area contributed by atoms with Gasteiger partial charge >= 0.3 is 0 Å². The lowest BCUT2D eigenvalue weighted by Gasteiger charge is -2.23. The van der Waals surface area contributed by atoms with Gasteiger partial charge in [-0.15, -0.1) is 0 Å². The molecule has 1 aliphatic rings. The van der Waals surface area contributed by atoms with Crippen LogP contribution in [-0.4, -0.2) is 44.5 Å². The first-order valence-electron chi connectivity index (χ1n) is 8.76. The SMILES string of the molecule is Cc1nc(-c2ccc(NC(=O)C3CCCN3C(=O)c3ccco3)cc2)n[nH]1. The van der Waals surface area contributed by atoms with Crippen LogP contribution < -0.4 is 5.32 Å². The summed E-state index contributed by atoms with van der Waals surface area (Å²) >= 11 is 0. The maximum atomic E-state index is 12.7. The van der Waals surface area contributed by atoms with E-state index in [1.54, 1.807) is 29.2 Å². The van der Waals surface area contributed by atoms with Gasteiger partial charge in [-0.05, 0) is 56.2 Å². The standard InChI is InChI=1S/C19H19N5O3/c1-12-20-17(23-22-12)13-6-8-14(9-7-13)21-18(25)15-4-2-10-24(15)19(26)16-5-3-11-27-16/h3,5-9,11,15H,2,4,10H2,1H3,(H,21,25)(H,20,22,23).